The lowest BCUT2D eigenvalue weighted by molar-refractivity contribution is -0.136. The van der Waals surface area contributed by atoms with E-state index in [1.54, 1.807) is 17.8 Å². The molecule has 0 saturated heterocycles. The van der Waals surface area contributed by atoms with Crippen LogP contribution in [0.4, 0.5) is 0 Å². The molecule has 0 atom stereocenters. The SMILES string of the molecule is CSC/C=C\CC(=O)O. The zero-order valence-corrected chi connectivity index (χ0v) is 6.15. The van der Waals surface area contributed by atoms with E-state index in [0.29, 0.717) is 0 Å². The number of rotatable bonds is 4. The highest BCUT2D eigenvalue weighted by molar-refractivity contribution is 7.98. The van der Waals surface area contributed by atoms with Gasteiger partial charge in [0.05, 0.1) is 6.42 Å². The van der Waals surface area contributed by atoms with Crippen LogP contribution in [0.2, 0.25) is 0 Å². The molecular formula is C6H10O2S. The van der Waals surface area contributed by atoms with Crippen LogP contribution in [-0.4, -0.2) is 23.1 Å². The zero-order chi connectivity index (χ0) is 7.11. The first-order chi connectivity index (χ1) is 4.27. The van der Waals surface area contributed by atoms with Gasteiger partial charge in [-0.15, -0.1) is 0 Å². The Morgan fingerprint density at radius 1 is 1.67 bits per heavy atom. The van der Waals surface area contributed by atoms with Gasteiger partial charge in [0.25, 0.3) is 0 Å². The van der Waals surface area contributed by atoms with Crippen LogP contribution < -0.4 is 0 Å². The Balaban J connectivity index is 3.14. The molecular weight excluding hydrogens is 136 g/mol. The van der Waals surface area contributed by atoms with Crippen LogP contribution in [0.1, 0.15) is 6.42 Å². The van der Waals surface area contributed by atoms with E-state index in [2.05, 4.69) is 0 Å². The van der Waals surface area contributed by atoms with E-state index in [9.17, 15) is 4.79 Å². The first kappa shape index (κ1) is 8.56. The largest absolute Gasteiger partial charge is 0.481 e. The maximum atomic E-state index is 9.90. The van der Waals surface area contributed by atoms with E-state index in [4.69, 9.17) is 5.11 Å². The van der Waals surface area contributed by atoms with Gasteiger partial charge in [0.15, 0.2) is 0 Å². The van der Waals surface area contributed by atoms with Crippen molar-refractivity contribution in [1.82, 2.24) is 0 Å². The van der Waals surface area contributed by atoms with Crippen molar-refractivity contribution in [3.05, 3.63) is 12.2 Å². The van der Waals surface area contributed by atoms with Crippen molar-refractivity contribution in [3.8, 4) is 0 Å². The minimum atomic E-state index is -0.771. The molecule has 0 aromatic carbocycles. The van der Waals surface area contributed by atoms with Gasteiger partial charge in [-0.3, -0.25) is 4.79 Å². The molecule has 0 rings (SSSR count). The normalized spacial score (nSPS) is 10.3. The first-order valence-corrected chi connectivity index (χ1v) is 4.02. The van der Waals surface area contributed by atoms with Crippen molar-refractivity contribution >= 4 is 17.7 Å². The third-order valence-electron chi connectivity index (χ3n) is 0.722. The molecule has 0 unspecified atom stereocenters. The number of hydrogen-bond donors (Lipinski definition) is 1. The molecule has 0 radical (unpaired) electrons. The van der Waals surface area contributed by atoms with Gasteiger partial charge in [-0.2, -0.15) is 11.8 Å². The highest BCUT2D eigenvalue weighted by atomic mass is 32.2. The number of carboxylic acid groups (broad SMARTS) is 1. The van der Waals surface area contributed by atoms with Gasteiger partial charge in [0, 0.05) is 5.75 Å². The third-order valence-corrected chi connectivity index (χ3v) is 1.25. The van der Waals surface area contributed by atoms with Crippen molar-refractivity contribution < 1.29 is 9.90 Å². The average molecular weight is 146 g/mol. The lowest BCUT2D eigenvalue weighted by atomic mass is 10.4. The lowest BCUT2D eigenvalue weighted by Crippen LogP contribution is -1.89. The fraction of sp³-hybridized carbons (Fsp3) is 0.500. The molecule has 2 nitrogen and oxygen atoms in total. The molecule has 9 heavy (non-hydrogen) atoms. The molecule has 1 N–H and O–H groups in total. The van der Waals surface area contributed by atoms with Crippen molar-refractivity contribution in [2.45, 2.75) is 6.42 Å². The Morgan fingerprint density at radius 3 is 2.78 bits per heavy atom. The van der Waals surface area contributed by atoms with Crippen molar-refractivity contribution in [1.29, 1.82) is 0 Å². The second kappa shape index (κ2) is 5.69. The van der Waals surface area contributed by atoms with Crippen LogP contribution in [0.15, 0.2) is 12.2 Å². The van der Waals surface area contributed by atoms with Crippen molar-refractivity contribution in [2.75, 3.05) is 12.0 Å². The van der Waals surface area contributed by atoms with Crippen molar-refractivity contribution in [2.24, 2.45) is 0 Å². The topological polar surface area (TPSA) is 37.3 Å². The maximum Gasteiger partial charge on any atom is 0.307 e. The molecule has 0 bridgehead atoms. The number of hydrogen-bond acceptors (Lipinski definition) is 2. The van der Waals surface area contributed by atoms with Crippen LogP contribution in [0, 0.1) is 0 Å². The van der Waals surface area contributed by atoms with Gasteiger partial charge < -0.3 is 5.11 Å². The molecule has 0 aliphatic carbocycles. The standard InChI is InChI=1S/C6H10O2S/c1-9-5-3-2-4-6(7)8/h2-3H,4-5H2,1H3,(H,7,8)/b3-2-. The summed E-state index contributed by atoms with van der Waals surface area (Å²) in [6, 6.07) is 0. The maximum absolute atomic E-state index is 9.90. The monoisotopic (exact) mass is 146 g/mol. The van der Waals surface area contributed by atoms with E-state index in [1.165, 1.54) is 0 Å². The van der Waals surface area contributed by atoms with Gasteiger partial charge in [0.2, 0.25) is 0 Å². The average Bonchev–Trinajstić information content (AvgIpc) is 1.80. The molecule has 52 valence electrons. The Kier molecular flexibility index (Phi) is 5.41. The molecule has 0 amide bonds. The highest BCUT2D eigenvalue weighted by Crippen LogP contribution is 1.92. The molecule has 0 fully saturated rings. The lowest BCUT2D eigenvalue weighted by Gasteiger charge is -1.83. The summed E-state index contributed by atoms with van der Waals surface area (Å²) in [6.07, 6.45) is 5.64. The summed E-state index contributed by atoms with van der Waals surface area (Å²) < 4.78 is 0. The van der Waals surface area contributed by atoms with Crippen LogP contribution in [0.3, 0.4) is 0 Å². The molecule has 0 aromatic heterocycles. The fourth-order valence-electron chi connectivity index (χ4n) is 0.348. The third kappa shape index (κ3) is 7.56. The number of carboxylic acids is 1. The van der Waals surface area contributed by atoms with Crippen molar-refractivity contribution in [3.63, 3.8) is 0 Å². The Labute approximate surface area is 59.0 Å². The minimum Gasteiger partial charge on any atom is -0.481 e. The summed E-state index contributed by atoms with van der Waals surface area (Å²) >= 11 is 1.67. The molecule has 0 heterocycles. The highest BCUT2D eigenvalue weighted by Gasteiger charge is 1.87. The van der Waals surface area contributed by atoms with E-state index in [-0.39, 0.29) is 6.42 Å². The summed E-state index contributed by atoms with van der Waals surface area (Å²) in [5.41, 5.74) is 0. The Morgan fingerprint density at radius 2 is 2.33 bits per heavy atom. The summed E-state index contributed by atoms with van der Waals surface area (Å²) in [5.74, 6) is 0.125. The molecule has 3 heteroatoms. The van der Waals surface area contributed by atoms with Crippen LogP contribution in [0.5, 0.6) is 0 Å². The van der Waals surface area contributed by atoms with Gasteiger partial charge in [-0.05, 0) is 6.26 Å². The molecule has 0 aliphatic heterocycles. The van der Waals surface area contributed by atoms with Gasteiger partial charge >= 0.3 is 5.97 Å². The fourth-order valence-corrected chi connectivity index (χ4v) is 0.677. The summed E-state index contributed by atoms with van der Waals surface area (Å²) in [4.78, 5) is 9.90. The summed E-state index contributed by atoms with van der Waals surface area (Å²) in [5, 5.41) is 8.15. The van der Waals surface area contributed by atoms with E-state index >= 15 is 0 Å². The molecule has 0 spiro atoms. The number of thioether (sulfide) groups is 1. The smallest absolute Gasteiger partial charge is 0.307 e. The van der Waals surface area contributed by atoms with Gasteiger partial charge in [-0.25, -0.2) is 0 Å². The second-order valence-corrected chi connectivity index (χ2v) is 2.44. The summed E-state index contributed by atoms with van der Waals surface area (Å²) in [6.45, 7) is 0. The van der Waals surface area contributed by atoms with E-state index in [1.807, 2.05) is 12.3 Å². The molecule has 0 saturated carbocycles. The van der Waals surface area contributed by atoms with Crippen LogP contribution in [-0.2, 0) is 4.79 Å². The second-order valence-electron chi connectivity index (χ2n) is 1.52. The summed E-state index contributed by atoms with van der Waals surface area (Å²) in [7, 11) is 0. The predicted molar refractivity (Wildman–Crippen MR) is 39.8 cm³/mol. The Bertz CT molecular complexity index is 110. The van der Waals surface area contributed by atoms with E-state index < -0.39 is 5.97 Å². The zero-order valence-electron chi connectivity index (χ0n) is 5.33. The van der Waals surface area contributed by atoms with Gasteiger partial charge in [-0.1, -0.05) is 12.2 Å². The minimum absolute atomic E-state index is 0.139. The predicted octanol–water partition coefficient (Wildman–Crippen LogP) is 1.38. The Hall–Kier alpha value is -0.440. The van der Waals surface area contributed by atoms with Crippen LogP contribution >= 0.6 is 11.8 Å². The molecule has 0 aliphatic rings. The van der Waals surface area contributed by atoms with Crippen LogP contribution in [0.25, 0.3) is 0 Å². The van der Waals surface area contributed by atoms with E-state index in [0.717, 1.165) is 5.75 Å². The number of aliphatic carboxylic acids is 1. The molecule has 0 aromatic rings. The quantitative estimate of drug-likeness (QED) is 0.609. The van der Waals surface area contributed by atoms with Gasteiger partial charge in [0.1, 0.15) is 0 Å². The first-order valence-electron chi connectivity index (χ1n) is 2.63. The number of carbonyl (C=O) groups is 1.